The Hall–Kier alpha value is -0.650. The quantitative estimate of drug-likeness (QED) is 0.243. The highest BCUT2D eigenvalue weighted by Crippen LogP contribution is 2.09. The summed E-state index contributed by atoms with van der Waals surface area (Å²) in [4.78, 5) is 11.6. The molecule has 3 N–H and O–H groups in total. The third kappa shape index (κ3) is 19.5. The molecule has 0 aromatic carbocycles. The minimum atomic E-state index is -0.344. The number of hydrogen-bond donors (Lipinski definition) is 3. The Morgan fingerprint density at radius 3 is 2.36 bits per heavy atom. The number of unbranched alkanes of at least 4 members (excludes halogenated alkanes) is 8. The number of carbonyl (C=O) groups excluding carboxylic acids is 1. The van der Waals surface area contributed by atoms with Crippen molar-refractivity contribution in [2.75, 3.05) is 26.3 Å². The summed E-state index contributed by atoms with van der Waals surface area (Å²) in [5, 5.41) is 21.5. The summed E-state index contributed by atoms with van der Waals surface area (Å²) in [6.45, 7) is 4.27. The van der Waals surface area contributed by atoms with Crippen molar-refractivity contribution in [2.24, 2.45) is 0 Å². The van der Waals surface area contributed by atoms with Gasteiger partial charge >= 0.3 is 5.97 Å². The molecule has 0 heterocycles. The van der Waals surface area contributed by atoms with Crippen LogP contribution in [0.1, 0.15) is 90.4 Å². The largest absolute Gasteiger partial charge is 0.466 e. The second kappa shape index (κ2) is 19.7. The number of aliphatic hydroxyl groups excluding tert-OH is 2. The lowest BCUT2D eigenvalue weighted by Gasteiger charge is -2.11. The Morgan fingerprint density at radius 2 is 1.64 bits per heavy atom. The van der Waals surface area contributed by atoms with E-state index in [9.17, 15) is 9.90 Å². The molecule has 0 aromatic heterocycles. The van der Waals surface area contributed by atoms with Gasteiger partial charge in [-0.3, -0.25) is 4.79 Å². The zero-order chi connectivity index (χ0) is 18.6. The SMILES string of the molecule is CCCCCCCCCOC(=O)CCCCCC(O)CNCCCO. The van der Waals surface area contributed by atoms with Crippen LogP contribution >= 0.6 is 0 Å². The maximum absolute atomic E-state index is 11.6. The fourth-order valence-electron chi connectivity index (χ4n) is 2.72. The molecule has 0 aliphatic heterocycles. The lowest BCUT2D eigenvalue weighted by molar-refractivity contribution is -0.143. The lowest BCUT2D eigenvalue weighted by atomic mass is 10.1. The Balaban J connectivity index is 3.27. The van der Waals surface area contributed by atoms with E-state index in [2.05, 4.69) is 12.2 Å². The fourth-order valence-corrected chi connectivity index (χ4v) is 2.72. The van der Waals surface area contributed by atoms with Crippen LogP contribution in [0.5, 0.6) is 0 Å². The minimum absolute atomic E-state index is 0.0859. The first-order valence-corrected chi connectivity index (χ1v) is 10.4. The summed E-state index contributed by atoms with van der Waals surface area (Å²) in [7, 11) is 0. The highest BCUT2D eigenvalue weighted by Gasteiger charge is 2.05. The molecule has 0 fully saturated rings. The molecule has 0 bridgehead atoms. The lowest BCUT2D eigenvalue weighted by Crippen LogP contribution is -2.27. The van der Waals surface area contributed by atoms with E-state index in [-0.39, 0.29) is 18.7 Å². The van der Waals surface area contributed by atoms with E-state index < -0.39 is 0 Å². The third-order valence-corrected chi connectivity index (χ3v) is 4.32. The van der Waals surface area contributed by atoms with Crippen LogP contribution in [0.15, 0.2) is 0 Å². The third-order valence-electron chi connectivity index (χ3n) is 4.32. The molecule has 0 saturated heterocycles. The van der Waals surface area contributed by atoms with Crippen molar-refractivity contribution >= 4 is 5.97 Å². The molecule has 0 saturated carbocycles. The summed E-state index contributed by atoms with van der Waals surface area (Å²) in [6, 6.07) is 0. The topological polar surface area (TPSA) is 78.8 Å². The number of aliphatic hydroxyl groups is 2. The molecule has 0 aliphatic carbocycles. The van der Waals surface area contributed by atoms with Gasteiger partial charge in [0.15, 0.2) is 0 Å². The molecule has 1 unspecified atom stereocenters. The zero-order valence-electron chi connectivity index (χ0n) is 16.3. The van der Waals surface area contributed by atoms with Gasteiger partial charge in [-0.25, -0.2) is 0 Å². The van der Waals surface area contributed by atoms with Gasteiger partial charge in [-0.1, -0.05) is 58.3 Å². The second-order valence-electron chi connectivity index (χ2n) is 6.88. The van der Waals surface area contributed by atoms with Crippen LogP contribution in [-0.4, -0.2) is 48.6 Å². The Kier molecular flexibility index (Phi) is 19.2. The van der Waals surface area contributed by atoms with E-state index in [0.717, 1.165) is 45.1 Å². The second-order valence-corrected chi connectivity index (χ2v) is 6.88. The molecule has 150 valence electrons. The predicted octanol–water partition coefficient (Wildman–Crippen LogP) is 3.56. The van der Waals surface area contributed by atoms with Crippen LogP contribution in [0.2, 0.25) is 0 Å². The molecule has 1 atom stereocenters. The van der Waals surface area contributed by atoms with Gasteiger partial charge in [0.1, 0.15) is 0 Å². The van der Waals surface area contributed by atoms with Crippen molar-refractivity contribution in [2.45, 2.75) is 96.5 Å². The van der Waals surface area contributed by atoms with Crippen molar-refractivity contribution in [3.8, 4) is 0 Å². The summed E-state index contributed by atoms with van der Waals surface area (Å²) in [5.41, 5.74) is 0. The van der Waals surface area contributed by atoms with Gasteiger partial charge in [-0.2, -0.15) is 0 Å². The number of nitrogens with one attached hydrogen (secondary N) is 1. The first-order chi connectivity index (χ1) is 12.2. The molecule has 5 heteroatoms. The van der Waals surface area contributed by atoms with E-state index in [1.807, 2.05) is 0 Å². The number of rotatable bonds is 19. The number of esters is 1. The Labute approximate surface area is 154 Å². The molecular weight excluding hydrogens is 318 g/mol. The van der Waals surface area contributed by atoms with Crippen LogP contribution < -0.4 is 5.32 Å². The van der Waals surface area contributed by atoms with Crippen LogP contribution in [0, 0.1) is 0 Å². The smallest absolute Gasteiger partial charge is 0.305 e. The molecule has 0 rings (SSSR count). The van der Waals surface area contributed by atoms with E-state index in [4.69, 9.17) is 9.84 Å². The summed E-state index contributed by atoms with van der Waals surface area (Å²) in [6.07, 6.45) is 12.9. The van der Waals surface area contributed by atoms with Gasteiger partial charge in [0.2, 0.25) is 0 Å². The highest BCUT2D eigenvalue weighted by atomic mass is 16.5. The molecular formula is C20H41NO4. The van der Waals surface area contributed by atoms with E-state index >= 15 is 0 Å². The Morgan fingerprint density at radius 1 is 0.960 bits per heavy atom. The van der Waals surface area contributed by atoms with Crippen molar-refractivity contribution in [1.29, 1.82) is 0 Å². The van der Waals surface area contributed by atoms with Crippen molar-refractivity contribution in [3.63, 3.8) is 0 Å². The van der Waals surface area contributed by atoms with Gasteiger partial charge in [0.05, 0.1) is 12.7 Å². The fraction of sp³-hybridized carbons (Fsp3) is 0.950. The average molecular weight is 360 g/mol. The van der Waals surface area contributed by atoms with Crippen molar-refractivity contribution in [3.05, 3.63) is 0 Å². The van der Waals surface area contributed by atoms with Crippen LogP contribution in [0.25, 0.3) is 0 Å². The van der Waals surface area contributed by atoms with Gasteiger partial charge in [-0.05, 0) is 32.2 Å². The zero-order valence-corrected chi connectivity index (χ0v) is 16.3. The van der Waals surface area contributed by atoms with Crippen molar-refractivity contribution < 1.29 is 19.7 Å². The van der Waals surface area contributed by atoms with Crippen molar-refractivity contribution in [1.82, 2.24) is 5.32 Å². The van der Waals surface area contributed by atoms with E-state index in [1.54, 1.807) is 0 Å². The number of hydrogen-bond acceptors (Lipinski definition) is 5. The number of carbonyl (C=O) groups is 1. The molecule has 0 radical (unpaired) electrons. The Bertz CT molecular complexity index is 287. The molecule has 0 amide bonds. The number of ether oxygens (including phenoxy) is 1. The molecule has 25 heavy (non-hydrogen) atoms. The van der Waals surface area contributed by atoms with E-state index in [0.29, 0.717) is 26.0 Å². The summed E-state index contributed by atoms with van der Waals surface area (Å²) < 4.78 is 5.25. The summed E-state index contributed by atoms with van der Waals surface area (Å²) >= 11 is 0. The molecule has 5 nitrogen and oxygen atoms in total. The average Bonchev–Trinajstić information content (AvgIpc) is 2.60. The van der Waals surface area contributed by atoms with Gasteiger partial charge in [-0.15, -0.1) is 0 Å². The van der Waals surface area contributed by atoms with Gasteiger partial charge in [0.25, 0.3) is 0 Å². The van der Waals surface area contributed by atoms with Gasteiger partial charge in [0, 0.05) is 19.6 Å². The predicted molar refractivity (Wildman–Crippen MR) is 103 cm³/mol. The van der Waals surface area contributed by atoms with Crippen LogP contribution in [0.3, 0.4) is 0 Å². The molecule has 0 aliphatic rings. The maximum Gasteiger partial charge on any atom is 0.305 e. The van der Waals surface area contributed by atoms with E-state index in [1.165, 1.54) is 32.1 Å². The standard InChI is InChI=1S/C20H41NO4/c1-2-3-4-5-6-7-11-17-25-20(24)14-10-8-9-13-19(23)18-21-15-12-16-22/h19,21-23H,2-18H2,1H3. The first kappa shape index (κ1) is 24.4. The monoisotopic (exact) mass is 359 g/mol. The first-order valence-electron chi connectivity index (χ1n) is 10.4. The summed E-state index contributed by atoms with van der Waals surface area (Å²) in [5.74, 6) is -0.0859. The van der Waals surface area contributed by atoms with Crippen LogP contribution in [0.4, 0.5) is 0 Å². The normalized spacial score (nSPS) is 12.3. The highest BCUT2D eigenvalue weighted by molar-refractivity contribution is 5.69. The molecule has 0 aromatic rings. The van der Waals surface area contributed by atoms with Gasteiger partial charge < -0.3 is 20.3 Å². The van der Waals surface area contributed by atoms with Crippen LogP contribution in [-0.2, 0) is 9.53 Å². The minimum Gasteiger partial charge on any atom is -0.466 e. The molecule has 0 spiro atoms. The maximum atomic E-state index is 11.6.